The molecule has 2 N–H and O–H groups in total. The Morgan fingerprint density at radius 3 is 2.43 bits per heavy atom. The van der Waals surface area contributed by atoms with Gasteiger partial charge in [-0.1, -0.05) is 12.1 Å². The minimum absolute atomic E-state index is 0.262. The first-order chi connectivity index (χ1) is 14.3. The average Bonchev–Trinajstić information content (AvgIpc) is 3.34. The Labute approximate surface area is 183 Å². The number of carbonyl (C=O) groups is 1. The minimum atomic E-state index is -3.86. The summed E-state index contributed by atoms with van der Waals surface area (Å²) >= 11 is 1.78. The van der Waals surface area contributed by atoms with Crippen LogP contribution in [0.3, 0.4) is 0 Å². The molecule has 0 radical (unpaired) electrons. The van der Waals surface area contributed by atoms with Crippen molar-refractivity contribution in [3.05, 3.63) is 39.8 Å². The van der Waals surface area contributed by atoms with E-state index in [1.807, 2.05) is 6.92 Å². The number of carbonyl (C=O) groups excluding carboxylic acids is 1. The molecule has 1 atom stereocenters. The van der Waals surface area contributed by atoms with E-state index < -0.39 is 16.1 Å². The molecule has 8 heteroatoms. The third kappa shape index (κ3) is 4.41. The molecule has 1 saturated heterocycles. The maximum atomic E-state index is 12.6. The van der Waals surface area contributed by atoms with E-state index in [0.29, 0.717) is 0 Å². The third-order valence-electron chi connectivity index (χ3n) is 6.73. The van der Waals surface area contributed by atoms with E-state index in [1.54, 1.807) is 17.8 Å². The number of nitrogens with zero attached hydrogens (tertiary/aromatic N) is 1. The van der Waals surface area contributed by atoms with Crippen molar-refractivity contribution >= 4 is 33.5 Å². The normalized spacial score (nSPS) is 23.3. The van der Waals surface area contributed by atoms with Gasteiger partial charge in [0.05, 0.1) is 0 Å². The number of urea groups is 1. The van der Waals surface area contributed by atoms with Crippen LogP contribution < -0.4 is 10.0 Å². The summed E-state index contributed by atoms with van der Waals surface area (Å²) in [5, 5.41) is 4.03. The Hall–Kier alpha value is -1.51. The van der Waals surface area contributed by atoms with Crippen molar-refractivity contribution in [1.29, 1.82) is 0 Å². The van der Waals surface area contributed by atoms with Crippen molar-refractivity contribution in [2.24, 2.45) is 0 Å². The van der Waals surface area contributed by atoms with Crippen LogP contribution in [0.4, 0.5) is 10.5 Å². The van der Waals surface area contributed by atoms with Crippen LogP contribution in [-0.2, 0) is 35.7 Å². The maximum absolute atomic E-state index is 12.6. The number of sulfonamides is 1. The number of hydrogen-bond donors (Lipinski definition) is 2. The first-order valence-electron chi connectivity index (χ1n) is 10.7. The SMILES string of the molecule is CSCCN1CCC1(C)/C=C/S(=O)(=O)NC(=O)Nc1c2c(cc3c1CCC3)CCC2. The zero-order chi connectivity index (χ0) is 21.4. The van der Waals surface area contributed by atoms with E-state index in [-0.39, 0.29) is 5.54 Å². The molecule has 1 aromatic carbocycles. The van der Waals surface area contributed by atoms with Crippen molar-refractivity contribution in [1.82, 2.24) is 9.62 Å². The number of hydrogen-bond acceptors (Lipinski definition) is 5. The number of thioether (sulfide) groups is 1. The molecular formula is C22H31N3O3S2. The summed E-state index contributed by atoms with van der Waals surface area (Å²) in [4.78, 5) is 14.9. The molecule has 0 saturated carbocycles. The van der Waals surface area contributed by atoms with Crippen LogP contribution in [-0.4, -0.2) is 50.0 Å². The van der Waals surface area contributed by atoms with Gasteiger partial charge in [0.2, 0.25) is 0 Å². The van der Waals surface area contributed by atoms with E-state index in [1.165, 1.54) is 22.3 Å². The van der Waals surface area contributed by atoms with Crippen LogP contribution in [0, 0.1) is 0 Å². The number of amides is 2. The summed E-state index contributed by atoms with van der Waals surface area (Å²) in [6, 6.07) is 1.61. The van der Waals surface area contributed by atoms with Gasteiger partial charge in [0.25, 0.3) is 10.0 Å². The summed E-state index contributed by atoms with van der Waals surface area (Å²) in [6.07, 6.45) is 10.8. The van der Waals surface area contributed by atoms with E-state index in [4.69, 9.17) is 0 Å². The topological polar surface area (TPSA) is 78.5 Å². The van der Waals surface area contributed by atoms with Gasteiger partial charge < -0.3 is 5.32 Å². The molecule has 0 aromatic heterocycles. The lowest BCUT2D eigenvalue weighted by Crippen LogP contribution is -2.57. The number of anilines is 1. The highest BCUT2D eigenvalue weighted by molar-refractivity contribution is 7.98. The van der Waals surface area contributed by atoms with Crippen LogP contribution >= 0.6 is 11.8 Å². The highest BCUT2D eigenvalue weighted by Gasteiger charge is 2.38. The molecule has 2 amide bonds. The van der Waals surface area contributed by atoms with Crippen molar-refractivity contribution in [2.45, 2.75) is 57.4 Å². The molecule has 164 valence electrons. The fourth-order valence-corrected chi connectivity index (χ4v) is 6.14. The first-order valence-corrected chi connectivity index (χ1v) is 13.7. The van der Waals surface area contributed by atoms with Gasteiger partial charge in [0.15, 0.2) is 0 Å². The average molecular weight is 450 g/mol. The Balaban J connectivity index is 1.43. The smallest absolute Gasteiger partial charge is 0.307 e. The van der Waals surface area contributed by atoms with Gasteiger partial charge in [0.1, 0.15) is 0 Å². The van der Waals surface area contributed by atoms with E-state index in [9.17, 15) is 13.2 Å². The maximum Gasteiger partial charge on any atom is 0.333 e. The second-order valence-corrected chi connectivity index (χ2v) is 11.3. The van der Waals surface area contributed by atoms with Crippen LogP contribution in [0.25, 0.3) is 0 Å². The number of rotatable bonds is 7. The third-order valence-corrected chi connectivity index (χ3v) is 8.28. The lowest BCUT2D eigenvalue weighted by Gasteiger charge is -2.49. The van der Waals surface area contributed by atoms with E-state index in [2.05, 4.69) is 27.3 Å². The summed E-state index contributed by atoms with van der Waals surface area (Å²) in [6.45, 7) is 3.94. The summed E-state index contributed by atoms with van der Waals surface area (Å²) in [5.41, 5.74) is 5.56. The number of benzene rings is 1. The highest BCUT2D eigenvalue weighted by atomic mass is 32.2. The molecule has 3 aliphatic rings. The van der Waals surface area contributed by atoms with Crippen molar-refractivity contribution in [3.63, 3.8) is 0 Å². The van der Waals surface area contributed by atoms with Gasteiger partial charge in [-0.2, -0.15) is 11.8 Å². The Bertz CT molecular complexity index is 942. The molecule has 30 heavy (non-hydrogen) atoms. The molecule has 2 aliphatic carbocycles. The van der Waals surface area contributed by atoms with Crippen LogP contribution in [0.15, 0.2) is 17.6 Å². The first kappa shape index (κ1) is 21.7. The fraction of sp³-hybridized carbons (Fsp3) is 0.591. The van der Waals surface area contributed by atoms with Gasteiger partial charge in [-0.05, 0) is 80.4 Å². The monoisotopic (exact) mass is 449 g/mol. The minimum Gasteiger partial charge on any atom is -0.307 e. The Kier molecular flexibility index (Phi) is 6.19. The number of aryl methyl sites for hydroxylation is 2. The van der Waals surface area contributed by atoms with E-state index >= 15 is 0 Å². The molecule has 1 aliphatic heterocycles. The largest absolute Gasteiger partial charge is 0.333 e. The fourth-order valence-electron chi connectivity index (χ4n) is 4.89. The summed E-state index contributed by atoms with van der Waals surface area (Å²) in [5.74, 6) is 1.02. The molecule has 1 unspecified atom stereocenters. The lowest BCUT2D eigenvalue weighted by molar-refractivity contribution is 0.0480. The Morgan fingerprint density at radius 2 is 1.87 bits per heavy atom. The van der Waals surface area contributed by atoms with E-state index in [0.717, 1.165) is 74.9 Å². The number of likely N-dealkylation sites (tertiary alicyclic amines) is 1. The van der Waals surface area contributed by atoms with Gasteiger partial charge in [-0.15, -0.1) is 0 Å². The Morgan fingerprint density at radius 1 is 1.20 bits per heavy atom. The molecule has 6 nitrogen and oxygen atoms in total. The number of fused-ring (bicyclic) bond motifs is 2. The van der Waals surface area contributed by atoms with Crippen molar-refractivity contribution < 1.29 is 13.2 Å². The lowest BCUT2D eigenvalue weighted by atomic mass is 9.87. The molecular weight excluding hydrogens is 418 g/mol. The zero-order valence-corrected chi connectivity index (χ0v) is 19.4. The van der Waals surface area contributed by atoms with Crippen molar-refractivity contribution in [3.8, 4) is 0 Å². The molecule has 0 spiro atoms. The van der Waals surface area contributed by atoms with Gasteiger partial charge in [-0.25, -0.2) is 17.9 Å². The number of nitrogens with one attached hydrogen (secondary N) is 2. The molecule has 1 aromatic rings. The zero-order valence-electron chi connectivity index (χ0n) is 17.8. The van der Waals surface area contributed by atoms with Gasteiger partial charge in [0, 0.05) is 35.5 Å². The molecule has 0 bridgehead atoms. The van der Waals surface area contributed by atoms with Gasteiger partial charge in [-0.3, -0.25) is 4.90 Å². The van der Waals surface area contributed by atoms with Crippen LogP contribution in [0.2, 0.25) is 0 Å². The van der Waals surface area contributed by atoms with Crippen molar-refractivity contribution in [2.75, 3.05) is 30.4 Å². The predicted molar refractivity (Wildman–Crippen MR) is 124 cm³/mol. The van der Waals surface area contributed by atoms with Gasteiger partial charge >= 0.3 is 6.03 Å². The quantitative estimate of drug-likeness (QED) is 0.667. The predicted octanol–water partition coefficient (Wildman–Crippen LogP) is 3.46. The second kappa shape index (κ2) is 8.55. The standard InChI is InChI=1S/C22H31N3O3S2/c1-22(9-11-25(22)12-13-29-2)10-14-30(27,28)24-21(26)23-20-18-7-3-5-16(18)15-17-6-4-8-19(17)20/h10,14-15H,3-9,11-13H2,1-2H3,(H2,23,24,26)/b14-10+. The molecule has 1 heterocycles. The summed E-state index contributed by atoms with van der Waals surface area (Å²) < 4.78 is 27.2. The molecule has 4 rings (SSSR count). The van der Waals surface area contributed by atoms with Crippen LogP contribution in [0.1, 0.15) is 48.4 Å². The molecule has 1 fully saturated rings. The van der Waals surface area contributed by atoms with Crippen LogP contribution in [0.5, 0.6) is 0 Å². The second-order valence-electron chi connectivity index (χ2n) is 8.72. The summed E-state index contributed by atoms with van der Waals surface area (Å²) in [7, 11) is -3.86. The highest BCUT2D eigenvalue weighted by Crippen LogP contribution is 2.38.